The van der Waals surface area contributed by atoms with Gasteiger partial charge in [0.25, 0.3) is 0 Å². The molecule has 1 heterocycles. The zero-order valence-corrected chi connectivity index (χ0v) is 10.1. The van der Waals surface area contributed by atoms with Gasteiger partial charge in [0.2, 0.25) is 0 Å². The highest BCUT2D eigenvalue weighted by molar-refractivity contribution is 5.76. The minimum atomic E-state index is -0.242. The Kier molecular flexibility index (Phi) is 3.64. The van der Waals surface area contributed by atoms with Crippen molar-refractivity contribution in [3.8, 4) is 5.75 Å². The molecule has 4 heteroatoms. The summed E-state index contributed by atoms with van der Waals surface area (Å²) in [5.41, 5.74) is 1.11. The molecule has 1 N–H and O–H groups in total. The molecule has 1 aliphatic rings. The molecule has 92 valence electrons. The van der Waals surface area contributed by atoms with Crippen LogP contribution in [-0.2, 0) is 9.53 Å². The zero-order chi connectivity index (χ0) is 12.3. The van der Waals surface area contributed by atoms with Crippen molar-refractivity contribution in [3.63, 3.8) is 0 Å². The number of carbonyl (C=O) groups is 1. The van der Waals surface area contributed by atoms with Crippen molar-refractivity contribution in [3.05, 3.63) is 29.8 Å². The number of aryl methyl sites for hydroxylation is 1. The van der Waals surface area contributed by atoms with Crippen molar-refractivity contribution in [2.45, 2.75) is 25.5 Å². The van der Waals surface area contributed by atoms with Gasteiger partial charge >= 0.3 is 5.97 Å². The molecule has 0 saturated carbocycles. The van der Waals surface area contributed by atoms with Crippen molar-refractivity contribution in [2.24, 2.45) is 0 Å². The van der Waals surface area contributed by atoms with Crippen LogP contribution in [0.25, 0.3) is 0 Å². The predicted molar refractivity (Wildman–Crippen MR) is 64.0 cm³/mol. The van der Waals surface area contributed by atoms with Crippen molar-refractivity contribution in [2.75, 3.05) is 13.7 Å². The highest BCUT2D eigenvalue weighted by Crippen LogP contribution is 2.21. The van der Waals surface area contributed by atoms with Gasteiger partial charge in [-0.2, -0.15) is 0 Å². The second-order valence-electron chi connectivity index (χ2n) is 4.23. The van der Waals surface area contributed by atoms with Gasteiger partial charge < -0.3 is 14.8 Å². The average molecular weight is 235 g/mol. The first-order valence-electron chi connectivity index (χ1n) is 5.74. The van der Waals surface area contributed by atoms with Gasteiger partial charge in [0.15, 0.2) is 0 Å². The second-order valence-corrected chi connectivity index (χ2v) is 4.23. The Morgan fingerprint density at radius 3 is 2.88 bits per heavy atom. The summed E-state index contributed by atoms with van der Waals surface area (Å²) >= 11 is 0. The van der Waals surface area contributed by atoms with E-state index < -0.39 is 0 Å². The Morgan fingerprint density at radius 2 is 2.18 bits per heavy atom. The number of para-hydroxylation sites is 1. The Labute approximate surface area is 101 Å². The number of esters is 1. The summed E-state index contributed by atoms with van der Waals surface area (Å²) in [6, 6.07) is 7.64. The topological polar surface area (TPSA) is 47.6 Å². The normalized spacial score (nSPS) is 23.4. The smallest absolute Gasteiger partial charge is 0.323 e. The van der Waals surface area contributed by atoms with Gasteiger partial charge in [-0.1, -0.05) is 18.2 Å². The molecule has 1 saturated heterocycles. The summed E-state index contributed by atoms with van der Waals surface area (Å²) < 4.78 is 10.6. The fourth-order valence-corrected chi connectivity index (χ4v) is 1.98. The lowest BCUT2D eigenvalue weighted by atomic mass is 10.2. The van der Waals surface area contributed by atoms with Crippen LogP contribution in [0.2, 0.25) is 0 Å². The third-order valence-electron chi connectivity index (χ3n) is 2.96. The van der Waals surface area contributed by atoms with E-state index in [1.54, 1.807) is 0 Å². The van der Waals surface area contributed by atoms with Gasteiger partial charge in [-0.15, -0.1) is 0 Å². The zero-order valence-electron chi connectivity index (χ0n) is 10.1. The Balaban J connectivity index is 1.94. The van der Waals surface area contributed by atoms with Crippen LogP contribution in [0.5, 0.6) is 5.75 Å². The van der Waals surface area contributed by atoms with Gasteiger partial charge in [0.1, 0.15) is 17.9 Å². The van der Waals surface area contributed by atoms with E-state index in [1.807, 2.05) is 31.2 Å². The summed E-state index contributed by atoms with van der Waals surface area (Å²) in [5, 5.41) is 3.10. The van der Waals surface area contributed by atoms with E-state index >= 15 is 0 Å². The third-order valence-corrected chi connectivity index (χ3v) is 2.96. The molecule has 1 fully saturated rings. The number of ether oxygens (including phenoxy) is 2. The standard InChI is InChI=1S/C13H17NO3/c1-9-5-3-4-6-12(9)17-10-7-11(14-8-10)13(15)16-2/h3-6,10-11,14H,7-8H2,1-2H3/t10-,11+/m1/s1. The summed E-state index contributed by atoms with van der Waals surface area (Å²) in [5.74, 6) is 0.658. The van der Waals surface area contributed by atoms with E-state index in [1.165, 1.54) is 7.11 Å². The maximum atomic E-state index is 11.3. The van der Waals surface area contributed by atoms with Gasteiger partial charge in [0.05, 0.1) is 7.11 Å². The summed E-state index contributed by atoms with van der Waals surface area (Å²) in [4.78, 5) is 11.3. The van der Waals surface area contributed by atoms with Crippen LogP contribution in [0.4, 0.5) is 0 Å². The van der Waals surface area contributed by atoms with Crippen molar-refractivity contribution in [1.82, 2.24) is 5.32 Å². The van der Waals surface area contributed by atoms with Crippen LogP contribution in [0.3, 0.4) is 0 Å². The van der Waals surface area contributed by atoms with Crippen molar-refractivity contribution < 1.29 is 14.3 Å². The van der Waals surface area contributed by atoms with E-state index in [2.05, 4.69) is 5.32 Å². The quantitative estimate of drug-likeness (QED) is 0.802. The summed E-state index contributed by atoms with van der Waals surface area (Å²) in [6.07, 6.45) is 0.682. The van der Waals surface area contributed by atoms with Crippen molar-refractivity contribution >= 4 is 5.97 Å². The lowest BCUT2D eigenvalue weighted by molar-refractivity contribution is -0.142. The van der Waals surface area contributed by atoms with Gasteiger partial charge in [0, 0.05) is 13.0 Å². The molecular formula is C13H17NO3. The van der Waals surface area contributed by atoms with Gasteiger partial charge in [-0.25, -0.2) is 0 Å². The largest absolute Gasteiger partial charge is 0.489 e. The molecule has 2 rings (SSSR count). The molecule has 0 aromatic heterocycles. The number of rotatable bonds is 3. The first-order valence-corrected chi connectivity index (χ1v) is 5.74. The third kappa shape index (κ3) is 2.77. The number of nitrogens with one attached hydrogen (secondary N) is 1. The van der Waals surface area contributed by atoms with Gasteiger partial charge in [-0.3, -0.25) is 4.79 Å². The SMILES string of the molecule is COC(=O)[C@@H]1C[C@@H](Oc2ccccc2C)CN1. The Hall–Kier alpha value is -1.55. The second kappa shape index (κ2) is 5.19. The fourth-order valence-electron chi connectivity index (χ4n) is 1.98. The molecule has 0 bridgehead atoms. The molecule has 4 nitrogen and oxygen atoms in total. The molecule has 0 amide bonds. The van der Waals surface area contributed by atoms with Gasteiger partial charge in [-0.05, 0) is 18.6 Å². The molecule has 2 atom stereocenters. The Morgan fingerprint density at radius 1 is 1.41 bits per heavy atom. The fraction of sp³-hybridized carbons (Fsp3) is 0.462. The minimum Gasteiger partial charge on any atom is -0.489 e. The van der Waals surface area contributed by atoms with E-state index in [0.29, 0.717) is 13.0 Å². The summed E-state index contributed by atoms with van der Waals surface area (Å²) in [6.45, 7) is 2.68. The van der Waals surface area contributed by atoms with Crippen LogP contribution in [0.15, 0.2) is 24.3 Å². The molecule has 0 spiro atoms. The highest BCUT2D eigenvalue weighted by Gasteiger charge is 2.31. The number of carbonyl (C=O) groups excluding carboxylic acids is 1. The monoisotopic (exact) mass is 235 g/mol. The number of hydrogen-bond acceptors (Lipinski definition) is 4. The van der Waals surface area contributed by atoms with Crippen LogP contribution in [0, 0.1) is 6.92 Å². The first kappa shape index (κ1) is 11.9. The molecule has 0 radical (unpaired) electrons. The molecule has 1 aliphatic heterocycles. The predicted octanol–water partition coefficient (Wildman–Crippen LogP) is 1.28. The van der Waals surface area contributed by atoms with Crippen LogP contribution in [-0.4, -0.2) is 31.8 Å². The van der Waals surface area contributed by atoms with Crippen LogP contribution >= 0.6 is 0 Å². The van der Waals surface area contributed by atoms with E-state index in [0.717, 1.165) is 11.3 Å². The molecular weight excluding hydrogens is 218 g/mol. The average Bonchev–Trinajstić information content (AvgIpc) is 2.80. The molecule has 1 aromatic rings. The maximum Gasteiger partial charge on any atom is 0.323 e. The number of benzene rings is 1. The number of hydrogen-bond donors (Lipinski definition) is 1. The number of methoxy groups -OCH3 is 1. The van der Waals surface area contributed by atoms with Crippen molar-refractivity contribution in [1.29, 1.82) is 0 Å². The molecule has 1 aromatic carbocycles. The molecule has 0 unspecified atom stereocenters. The van der Waals surface area contributed by atoms with Crippen LogP contribution < -0.4 is 10.1 Å². The summed E-state index contributed by atoms with van der Waals surface area (Å²) in [7, 11) is 1.40. The molecule has 0 aliphatic carbocycles. The molecule has 17 heavy (non-hydrogen) atoms. The minimum absolute atomic E-state index is 0.0280. The Bertz CT molecular complexity index is 405. The lowest BCUT2D eigenvalue weighted by Crippen LogP contribution is -2.31. The first-order chi connectivity index (χ1) is 8.20. The van der Waals surface area contributed by atoms with E-state index in [9.17, 15) is 4.79 Å². The van der Waals surface area contributed by atoms with E-state index in [4.69, 9.17) is 9.47 Å². The van der Waals surface area contributed by atoms with E-state index in [-0.39, 0.29) is 18.1 Å². The van der Waals surface area contributed by atoms with Crippen LogP contribution in [0.1, 0.15) is 12.0 Å². The maximum absolute atomic E-state index is 11.3. The highest BCUT2D eigenvalue weighted by atomic mass is 16.5. The lowest BCUT2D eigenvalue weighted by Gasteiger charge is -2.14.